The third-order valence-electron chi connectivity index (χ3n) is 1.56. The average molecular weight is 188 g/mol. The molecule has 13 heavy (non-hydrogen) atoms. The maximum absolute atomic E-state index is 11.2. The van der Waals surface area contributed by atoms with Crippen molar-refractivity contribution in [2.24, 2.45) is 0 Å². The molecule has 0 atom stereocenters. The highest BCUT2D eigenvalue weighted by Gasteiger charge is 2.08. The lowest BCUT2D eigenvalue weighted by Gasteiger charge is -2.18. The molecule has 0 aromatic heterocycles. The van der Waals surface area contributed by atoms with Crippen LogP contribution in [-0.2, 0) is 14.3 Å². The number of rotatable bonds is 6. The van der Waals surface area contributed by atoms with Gasteiger partial charge in [0.05, 0.1) is 12.6 Å². The fourth-order valence-electron chi connectivity index (χ4n) is 0.889. The first-order valence-corrected chi connectivity index (χ1v) is 4.17. The number of carboxylic acids is 1. The number of carbonyl (C=O) groups excluding carboxylic acids is 2. The van der Waals surface area contributed by atoms with E-state index in [0.717, 1.165) is 0 Å². The number of carboxylic acid groups (broad SMARTS) is 1. The molecule has 1 amide bonds. The van der Waals surface area contributed by atoms with Crippen LogP contribution in [0, 0.1) is 0 Å². The Hall–Kier alpha value is -1.10. The lowest BCUT2D eigenvalue weighted by Crippen LogP contribution is -2.35. The monoisotopic (exact) mass is 188 g/mol. The number of aliphatic carboxylic acids is 1. The van der Waals surface area contributed by atoms with E-state index in [1.54, 1.807) is 4.90 Å². The minimum atomic E-state index is -1.31. The van der Waals surface area contributed by atoms with Crippen LogP contribution in [0.4, 0.5) is 0 Å². The van der Waals surface area contributed by atoms with Gasteiger partial charge < -0.3 is 19.5 Å². The Morgan fingerprint density at radius 3 is 2.15 bits per heavy atom. The van der Waals surface area contributed by atoms with Gasteiger partial charge in [-0.25, -0.2) is 0 Å². The normalized spacial score (nSPS) is 9.69. The highest BCUT2D eigenvalue weighted by Crippen LogP contribution is 1.89. The number of carbonyl (C=O) groups is 2. The molecule has 76 valence electrons. The van der Waals surface area contributed by atoms with E-state index in [4.69, 9.17) is 0 Å². The summed E-state index contributed by atoms with van der Waals surface area (Å²) in [5.74, 6) is -1.52. The number of nitrogens with zero attached hydrogens (tertiary/aromatic N) is 1. The van der Waals surface area contributed by atoms with E-state index < -0.39 is 12.6 Å². The van der Waals surface area contributed by atoms with Gasteiger partial charge in [0.1, 0.15) is 6.61 Å². The van der Waals surface area contributed by atoms with E-state index in [1.165, 1.54) is 0 Å². The van der Waals surface area contributed by atoms with E-state index in [-0.39, 0.29) is 12.5 Å². The molecule has 0 saturated heterocycles. The molecule has 0 fully saturated rings. The van der Waals surface area contributed by atoms with Crippen molar-refractivity contribution in [2.45, 2.75) is 13.8 Å². The van der Waals surface area contributed by atoms with Crippen LogP contribution in [0.2, 0.25) is 0 Å². The Morgan fingerprint density at radius 2 is 1.77 bits per heavy atom. The lowest BCUT2D eigenvalue weighted by atomic mass is 10.4. The van der Waals surface area contributed by atoms with Gasteiger partial charge >= 0.3 is 0 Å². The highest BCUT2D eigenvalue weighted by molar-refractivity contribution is 5.77. The second kappa shape index (κ2) is 6.42. The fraction of sp³-hybridized carbons (Fsp3) is 0.750. The zero-order valence-corrected chi connectivity index (χ0v) is 7.91. The van der Waals surface area contributed by atoms with Crippen LogP contribution in [-0.4, -0.2) is 43.1 Å². The van der Waals surface area contributed by atoms with Crippen LogP contribution in [0.25, 0.3) is 0 Å². The minimum absolute atomic E-state index is 0.199. The molecule has 5 nitrogen and oxygen atoms in total. The number of hydrogen-bond donors (Lipinski definition) is 0. The molecule has 0 aliphatic rings. The molecular weight excluding hydrogens is 174 g/mol. The van der Waals surface area contributed by atoms with Crippen LogP contribution < -0.4 is 5.11 Å². The van der Waals surface area contributed by atoms with E-state index in [9.17, 15) is 14.7 Å². The molecule has 0 heterocycles. The van der Waals surface area contributed by atoms with Crippen molar-refractivity contribution < 1.29 is 19.4 Å². The van der Waals surface area contributed by atoms with Gasteiger partial charge in [-0.1, -0.05) is 0 Å². The van der Waals surface area contributed by atoms with Crippen LogP contribution in [0.15, 0.2) is 0 Å². The summed E-state index contributed by atoms with van der Waals surface area (Å²) in [6, 6.07) is 0. The SMILES string of the molecule is CCN(CC)C(=O)COCC(=O)[O-]. The smallest absolute Gasteiger partial charge is 0.248 e. The van der Waals surface area contributed by atoms with Crippen LogP contribution in [0.1, 0.15) is 13.8 Å². The van der Waals surface area contributed by atoms with Crippen molar-refractivity contribution in [2.75, 3.05) is 26.3 Å². The maximum atomic E-state index is 11.2. The molecule has 5 heteroatoms. The van der Waals surface area contributed by atoms with E-state index >= 15 is 0 Å². The van der Waals surface area contributed by atoms with Gasteiger partial charge in [-0.15, -0.1) is 0 Å². The third kappa shape index (κ3) is 5.19. The molecule has 0 bridgehead atoms. The first-order chi connectivity index (χ1) is 6.11. The Morgan fingerprint density at radius 1 is 1.23 bits per heavy atom. The molecule has 0 unspecified atom stereocenters. The van der Waals surface area contributed by atoms with E-state index in [1.807, 2.05) is 13.8 Å². The standard InChI is InChI=1S/C8H15NO4/c1-3-9(4-2)7(10)5-13-6-8(11)12/h3-6H2,1-2H3,(H,11,12)/p-1. The predicted octanol–water partition coefficient (Wildman–Crippen LogP) is -1.38. The molecule has 0 aliphatic heterocycles. The molecule has 0 N–H and O–H groups in total. The topological polar surface area (TPSA) is 69.7 Å². The molecule has 0 aromatic carbocycles. The van der Waals surface area contributed by atoms with Crippen LogP contribution >= 0.6 is 0 Å². The van der Waals surface area contributed by atoms with E-state index in [0.29, 0.717) is 13.1 Å². The van der Waals surface area contributed by atoms with Crippen LogP contribution in [0.3, 0.4) is 0 Å². The zero-order valence-electron chi connectivity index (χ0n) is 7.91. The van der Waals surface area contributed by atoms with E-state index in [2.05, 4.69) is 4.74 Å². The molecule has 0 spiro atoms. The Labute approximate surface area is 77.3 Å². The van der Waals surface area contributed by atoms with Crippen molar-refractivity contribution >= 4 is 11.9 Å². The van der Waals surface area contributed by atoms with Crippen molar-refractivity contribution in [1.82, 2.24) is 4.90 Å². The summed E-state index contributed by atoms with van der Waals surface area (Å²) < 4.78 is 4.59. The van der Waals surface area contributed by atoms with Gasteiger partial charge in [-0.3, -0.25) is 4.79 Å². The summed E-state index contributed by atoms with van der Waals surface area (Å²) in [6.07, 6.45) is 0. The zero-order chi connectivity index (χ0) is 10.3. The number of amides is 1. The summed E-state index contributed by atoms with van der Waals surface area (Å²) in [6.45, 7) is 4.16. The highest BCUT2D eigenvalue weighted by atomic mass is 16.5. The molecule has 0 radical (unpaired) electrons. The fourth-order valence-corrected chi connectivity index (χ4v) is 0.889. The van der Waals surface area contributed by atoms with Crippen LogP contribution in [0.5, 0.6) is 0 Å². The third-order valence-corrected chi connectivity index (χ3v) is 1.56. The minimum Gasteiger partial charge on any atom is -0.548 e. The summed E-state index contributed by atoms with van der Waals surface area (Å²) in [7, 11) is 0. The summed E-state index contributed by atoms with van der Waals surface area (Å²) in [5.41, 5.74) is 0. The van der Waals surface area contributed by atoms with Gasteiger partial charge in [-0.2, -0.15) is 0 Å². The van der Waals surface area contributed by atoms with Crippen molar-refractivity contribution in [3.8, 4) is 0 Å². The number of hydrogen-bond acceptors (Lipinski definition) is 4. The average Bonchev–Trinajstić information content (AvgIpc) is 2.05. The largest absolute Gasteiger partial charge is 0.548 e. The molecular formula is C8H14NO4-. The van der Waals surface area contributed by atoms with Gasteiger partial charge in [0.25, 0.3) is 0 Å². The predicted molar refractivity (Wildman–Crippen MR) is 43.8 cm³/mol. The van der Waals surface area contributed by atoms with Gasteiger partial charge in [0, 0.05) is 13.1 Å². The van der Waals surface area contributed by atoms with Gasteiger partial charge in [-0.05, 0) is 13.8 Å². The molecule has 0 aromatic rings. The maximum Gasteiger partial charge on any atom is 0.248 e. The molecule has 0 aliphatic carbocycles. The molecule has 0 rings (SSSR count). The van der Waals surface area contributed by atoms with Gasteiger partial charge in [0.2, 0.25) is 5.91 Å². The Balaban J connectivity index is 3.66. The second-order valence-electron chi connectivity index (χ2n) is 2.43. The van der Waals surface area contributed by atoms with Crippen molar-refractivity contribution in [1.29, 1.82) is 0 Å². The second-order valence-corrected chi connectivity index (χ2v) is 2.43. The first-order valence-electron chi connectivity index (χ1n) is 4.17. The lowest BCUT2D eigenvalue weighted by molar-refractivity contribution is -0.309. The summed E-state index contributed by atoms with van der Waals surface area (Å²) in [5, 5.41) is 9.93. The van der Waals surface area contributed by atoms with Crippen molar-refractivity contribution in [3.63, 3.8) is 0 Å². The quantitative estimate of drug-likeness (QED) is 0.515. The summed E-state index contributed by atoms with van der Waals surface area (Å²) >= 11 is 0. The molecule has 0 saturated carbocycles. The van der Waals surface area contributed by atoms with Crippen molar-refractivity contribution in [3.05, 3.63) is 0 Å². The Bertz CT molecular complexity index is 177. The summed E-state index contributed by atoms with van der Waals surface area (Å²) in [4.78, 5) is 22.7. The van der Waals surface area contributed by atoms with Gasteiger partial charge in [0.15, 0.2) is 0 Å². The number of ether oxygens (including phenoxy) is 1. The first kappa shape index (κ1) is 11.9. The Kier molecular flexibility index (Phi) is 5.88. The number of likely N-dealkylation sites (N-methyl/N-ethyl adjacent to an activating group) is 1.